The van der Waals surface area contributed by atoms with Crippen LogP contribution in [-0.2, 0) is 4.74 Å². The highest BCUT2D eigenvalue weighted by atomic mass is 16.5. The molecule has 0 unspecified atom stereocenters. The summed E-state index contributed by atoms with van der Waals surface area (Å²) in [6, 6.07) is 2.22. The van der Waals surface area contributed by atoms with Crippen LogP contribution in [0.4, 0.5) is 5.95 Å². The van der Waals surface area contributed by atoms with E-state index in [-0.39, 0.29) is 0 Å². The van der Waals surface area contributed by atoms with Crippen molar-refractivity contribution in [1.29, 1.82) is 0 Å². The predicted octanol–water partition coefficient (Wildman–Crippen LogP) is 1.38. The van der Waals surface area contributed by atoms with Gasteiger partial charge in [0.05, 0.1) is 13.2 Å². The molecule has 5 nitrogen and oxygen atoms in total. The first-order valence-corrected chi connectivity index (χ1v) is 5.40. The molecule has 1 aliphatic rings. The summed E-state index contributed by atoms with van der Waals surface area (Å²) in [4.78, 5) is 8.55. The van der Waals surface area contributed by atoms with Gasteiger partial charge in [-0.1, -0.05) is 0 Å². The Kier molecular flexibility index (Phi) is 3.24. The monoisotopic (exact) mass is 223 g/mol. The van der Waals surface area contributed by atoms with Gasteiger partial charge >= 0.3 is 0 Å². The van der Waals surface area contributed by atoms with Gasteiger partial charge in [0.15, 0.2) is 0 Å². The van der Waals surface area contributed by atoms with Gasteiger partial charge in [0.2, 0.25) is 11.8 Å². The lowest BCUT2D eigenvalue weighted by Gasteiger charge is -2.34. The Morgan fingerprint density at radius 3 is 2.69 bits per heavy atom. The van der Waals surface area contributed by atoms with Crippen LogP contribution in [-0.4, -0.2) is 36.3 Å². The molecule has 0 atom stereocenters. The molecule has 5 heteroatoms. The van der Waals surface area contributed by atoms with E-state index in [1.54, 1.807) is 14.2 Å². The second-order valence-electron chi connectivity index (χ2n) is 4.05. The van der Waals surface area contributed by atoms with Crippen LogP contribution in [0.2, 0.25) is 0 Å². The summed E-state index contributed by atoms with van der Waals surface area (Å²) in [6.07, 6.45) is 2.40. The highest BCUT2D eigenvalue weighted by Gasteiger charge is 2.29. The number of hydrogen-bond acceptors (Lipinski definition) is 5. The Morgan fingerprint density at radius 2 is 2.06 bits per heavy atom. The molecule has 1 saturated carbocycles. The molecule has 0 aromatic carbocycles. The van der Waals surface area contributed by atoms with Crippen molar-refractivity contribution in [2.24, 2.45) is 0 Å². The molecule has 1 fully saturated rings. The van der Waals surface area contributed by atoms with Crippen molar-refractivity contribution >= 4 is 5.95 Å². The van der Waals surface area contributed by atoms with Crippen LogP contribution < -0.4 is 10.1 Å². The molecule has 1 N–H and O–H groups in total. The van der Waals surface area contributed by atoms with Crippen LogP contribution >= 0.6 is 0 Å². The van der Waals surface area contributed by atoms with E-state index in [0.29, 0.717) is 24.0 Å². The average Bonchev–Trinajstić information content (AvgIpc) is 2.22. The molecule has 88 valence electrons. The van der Waals surface area contributed by atoms with E-state index < -0.39 is 0 Å². The maximum absolute atomic E-state index is 5.22. The number of aromatic nitrogens is 2. The summed E-state index contributed by atoms with van der Waals surface area (Å²) in [7, 11) is 3.35. The summed E-state index contributed by atoms with van der Waals surface area (Å²) < 4.78 is 10.3. The van der Waals surface area contributed by atoms with Crippen molar-refractivity contribution in [2.45, 2.75) is 31.9 Å². The number of aryl methyl sites for hydroxylation is 1. The third-order valence-corrected chi connectivity index (χ3v) is 2.80. The minimum atomic E-state index is 0.379. The molecule has 0 bridgehead atoms. The van der Waals surface area contributed by atoms with Gasteiger partial charge in [-0.15, -0.1) is 0 Å². The molecule has 1 aromatic rings. The maximum atomic E-state index is 5.22. The van der Waals surface area contributed by atoms with Gasteiger partial charge in [0.25, 0.3) is 0 Å². The van der Waals surface area contributed by atoms with Gasteiger partial charge in [0.1, 0.15) is 0 Å². The van der Waals surface area contributed by atoms with Gasteiger partial charge in [-0.2, -0.15) is 4.98 Å². The van der Waals surface area contributed by atoms with Crippen LogP contribution in [0, 0.1) is 6.92 Å². The third kappa shape index (κ3) is 2.41. The minimum Gasteiger partial charge on any atom is -0.481 e. The number of hydrogen-bond donors (Lipinski definition) is 1. The van der Waals surface area contributed by atoms with Crippen LogP contribution in [0.15, 0.2) is 6.07 Å². The Bertz CT molecular complexity index is 364. The molecular weight excluding hydrogens is 206 g/mol. The zero-order valence-electron chi connectivity index (χ0n) is 9.86. The fourth-order valence-electron chi connectivity index (χ4n) is 1.77. The first-order valence-electron chi connectivity index (χ1n) is 5.40. The Morgan fingerprint density at radius 1 is 1.31 bits per heavy atom. The molecule has 0 spiro atoms. The largest absolute Gasteiger partial charge is 0.481 e. The van der Waals surface area contributed by atoms with Crippen molar-refractivity contribution in [3.63, 3.8) is 0 Å². The number of ether oxygens (including phenoxy) is 2. The number of anilines is 1. The number of nitrogens with zero attached hydrogens (tertiary/aromatic N) is 2. The highest BCUT2D eigenvalue weighted by molar-refractivity contribution is 5.32. The first-order chi connectivity index (χ1) is 7.71. The van der Waals surface area contributed by atoms with E-state index in [2.05, 4.69) is 15.3 Å². The molecule has 1 aliphatic carbocycles. The van der Waals surface area contributed by atoms with E-state index >= 15 is 0 Å². The second kappa shape index (κ2) is 4.65. The molecule has 16 heavy (non-hydrogen) atoms. The van der Waals surface area contributed by atoms with Crippen molar-refractivity contribution in [3.8, 4) is 5.88 Å². The van der Waals surface area contributed by atoms with E-state index in [9.17, 15) is 0 Å². The quantitative estimate of drug-likeness (QED) is 0.835. The lowest BCUT2D eigenvalue weighted by Crippen LogP contribution is -2.40. The topological polar surface area (TPSA) is 56.3 Å². The number of rotatable bonds is 4. The van der Waals surface area contributed by atoms with E-state index in [0.717, 1.165) is 18.5 Å². The Balaban J connectivity index is 1.97. The van der Waals surface area contributed by atoms with Gasteiger partial charge in [-0.3, -0.25) is 0 Å². The van der Waals surface area contributed by atoms with E-state index in [1.165, 1.54) is 0 Å². The maximum Gasteiger partial charge on any atom is 0.226 e. The number of nitrogens with one attached hydrogen (secondary N) is 1. The smallest absolute Gasteiger partial charge is 0.226 e. The lowest BCUT2D eigenvalue weighted by molar-refractivity contribution is 0.0327. The Hall–Kier alpha value is -1.36. The summed E-state index contributed by atoms with van der Waals surface area (Å²) in [5.74, 6) is 1.23. The zero-order valence-corrected chi connectivity index (χ0v) is 9.86. The molecule has 1 aromatic heterocycles. The fraction of sp³-hybridized carbons (Fsp3) is 0.636. The summed E-state index contributed by atoms with van der Waals surface area (Å²) >= 11 is 0. The zero-order chi connectivity index (χ0) is 11.5. The predicted molar refractivity (Wildman–Crippen MR) is 60.8 cm³/mol. The van der Waals surface area contributed by atoms with Crippen LogP contribution in [0.5, 0.6) is 5.88 Å². The molecule has 0 saturated heterocycles. The lowest BCUT2D eigenvalue weighted by atomic mass is 9.89. The van der Waals surface area contributed by atoms with Crippen LogP contribution in [0.1, 0.15) is 18.5 Å². The second-order valence-corrected chi connectivity index (χ2v) is 4.05. The van der Waals surface area contributed by atoms with Crippen LogP contribution in [0.3, 0.4) is 0 Å². The minimum absolute atomic E-state index is 0.379. The normalized spacial score (nSPS) is 23.7. The molecule has 0 aliphatic heterocycles. The van der Waals surface area contributed by atoms with Gasteiger partial charge in [-0.25, -0.2) is 4.98 Å². The Labute approximate surface area is 95.2 Å². The fourth-order valence-corrected chi connectivity index (χ4v) is 1.77. The molecule has 0 amide bonds. The van der Waals surface area contributed by atoms with E-state index in [4.69, 9.17) is 9.47 Å². The van der Waals surface area contributed by atoms with Crippen molar-refractivity contribution in [2.75, 3.05) is 19.5 Å². The van der Waals surface area contributed by atoms with Gasteiger partial charge in [-0.05, 0) is 19.8 Å². The highest BCUT2D eigenvalue weighted by Crippen LogP contribution is 2.25. The van der Waals surface area contributed by atoms with Gasteiger partial charge < -0.3 is 14.8 Å². The number of methoxy groups -OCH3 is 2. The third-order valence-electron chi connectivity index (χ3n) is 2.80. The average molecular weight is 223 g/mol. The standard InChI is InChI=1S/C11H17N3O2/c1-7-4-10(16-3)14-11(12-7)13-8-5-9(6-8)15-2/h4,8-9H,5-6H2,1-3H3,(H,12,13,14). The molecule has 2 rings (SSSR count). The van der Waals surface area contributed by atoms with Crippen molar-refractivity contribution in [1.82, 2.24) is 9.97 Å². The molecular formula is C11H17N3O2. The van der Waals surface area contributed by atoms with E-state index in [1.807, 2.05) is 13.0 Å². The first kappa shape index (κ1) is 11.1. The van der Waals surface area contributed by atoms with Crippen molar-refractivity contribution in [3.05, 3.63) is 11.8 Å². The van der Waals surface area contributed by atoms with Crippen molar-refractivity contribution < 1.29 is 9.47 Å². The summed E-state index contributed by atoms with van der Waals surface area (Å²) in [5, 5.41) is 3.28. The summed E-state index contributed by atoms with van der Waals surface area (Å²) in [5.41, 5.74) is 0.900. The molecule has 1 heterocycles. The van der Waals surface area contributed by atoms with Crippen LogP contribution in [0.25, 0.3) is 0 Å². The SMILES string of the molecule is COc1cc(C)nc(NC2CC(OC)C2)n1. The van der Waals surface area contributed by atoms with Gasteiger partial charge in [0, 0.05) is 24.9 Å². The molecule has 0 radical (unpaired) electrons. The summed E-state index contributed by atoms with van der Waals surface area (Å²) in [6.45, 7) is 1.92.